The molecule has 264 valence electrons. The van der Waals surface area contributed by atoms with Crippen molar-refractivity contribution in [2.45, 2.75) is 49.7 Å². The first-order valence-electron chi connectivity index (χ1n) is 16.8. The summed E-state index contributed by atoms with van der Waals surface area (Å²) in [5, 5.41) is 2.80. The van der Waals surface area contributed by atoms with E-state index in [1.165, 1.54) is 27.5 Å². The van der Waals surface area contributed by atoms with Gasteiger partial charge in [-0.25, -0.2) is 4.79 Å². The quantitative estimate of drug-likeness (QED) is 0.108. The van der Waals surface area contributed by atoms with Crippen LogP contribution < -0.4 is 5.32 Å². The third kappa shape index (κ3) is 8.65. The molecule has 0 aliphatic carbocycles. The summed E-state index contributed by atoms with van der Waals surface area (Å²) in [6.07, 6.45) is -0.294. The van der Waals surface area contributed by atoms with E-state index in [2.05, 4.69) is 17.4 Å². The van der Waals surface area contributed by atoms with E-state index >= 15 is 0 Å². The molecule has 0 aromatic heterocycles. The van der Waals surface area contributed by atoms with E-state index in [1.807, 2.05) is 91.0 Å². The molecular formula is C40H38F3N3O4S. The Kier molecular flexibility index (Phi) is 11.5. The number of β-lactam (4-membered cyclic amide) rings is 1. The molecule has 0 spiro atoms. The Balaban J connectivity index is 1.26. The van der Waals surface area contributed by atoms with Gasteiger partial charge in [0, 0.05) is 6.54 Å². The molecule has 3 amide bonds. The second-order valence-electron chi connectivity index (χ2n) is 12.4. The van der Waals surface area contributed by atoms with Crippen LogP contribution in [0.1, 0.15) is 40.3 Å². The van der Waals surface area contributed by atoms with Crippen LogP contribution in [-0.2, 0) is 33.5 Å². The van der Waals surface area contributed by atoms with Gasteiger partial charge < -0.3 is 15.0 Å². The lowest BCUT2D eigenvalue weighted by atomic mass is 9.87. The van der Waals surface area contributed by atoms with Crippen LogP contribution in [0.2, 0.25) is 0 Å². The molecular weight excluding hydrogens is 676 g/mol. The fourth-order valence-corrected chi connectivity index (χ4v) is 7.47. The maximum absolute atomic E-state index is 14.3. The van der Waals surface area contributed by atoms with Gasteiger partial charge in [0.05, 0.1) is 17.6 Å². The van der Waals surface area contributed by atoms with Gasteiger partial charge in [0.1, 0.15) is 18.7 Å². The minimum absolute atomic E-state index is 0.0840. The smallest absolute Gasteiger partial charge is 0.416 e. The summed E-state index contributed by atoms with van der Waals surface area (Å²) < 4.78 is 45.7. The summed E-state index contributed by atoms with van der Waals surface area (Å²) >= 11 is 1.66. The van der Waals surface area contributed by atoms with Crippen LogP contribution in [0.25, 0.3) is 6.08 Å². The van der Waals surface area contributed by atoms with Gasteiger partial charge in [-0.1, -0.05) is 115 Å². The zero-order chi connectivity index (χ0) is 35.8. The average molecular weight is 714 g/mol. The van der Waals surface area contributed by atoms with E-state index in [-0.39, 0.29) is 18.7 Å². The van der Waals surface area contributed by atoms with Crippen molar-refractivity contribution in [2.24, 2.45) is 0 Å². The molecule has 2 saturated heterocycles. The number of amides is 3. The number of alkyl halides is 3. The molecule has 1 N–H and O–H groups in total. The van der Waals surface area contributed by atoms with Crippen molar-refractivity contribution in [1.82, 2.24) is 15.1 Å². The summed E-state index contributed by atoms with van der Waals surface area (Å²) in [5.74, 6) is 0.473. The van der Waals surface area contributed by atoms with E-state index in [0.717, 1.165) is 35.4 Å². The van der Waals surface area contributed by atoms with E-state index in [1.54, 1.807) is 11.8 Å². The lowest BCUT2D eigenvalue weighted by Crippen LogP contribution is -2.74. The van der Waals surface area contributed by atoms with Crippen molar-refractivity contribution >= 4 is 35.7 Å². The highest BCUT2D eigenvalue weighted by molar-refractivity contribution is 7.99. The lowest BCUT2D eigenvalue weighted by Gasteiger charge is -2.52. The van der Waals surface area contributed by atoms with Gasteiger partial charge in [-0.15, -0.1) is 0 Å². The molecule has 6 rings (SSSR count). The molecule has 0 saturated carbocycles. The van der Waals surface area contributed by atoms with Gasteiger partial charge in [-0.2, -0.15) is 24.9 Å². The normalized spacial score (nSPS) is 19.5. The molecule has 2 heterocycles. The molecule has 2 aliphatic heterocycles. The minimum atomic E-state index is -4.52. The zero-order valence-corrected chi connectivity index (χ0v) is 28.6. The summed E-state index contributed by atoms with van der Waals surface area (Å²) in [6, 6.07) is 30.7. The number of hydrogen-bond donors (Lipinski definition) is 1. The van der Waals surface area contributed by atoms with Gasteiger partial charge in [0.25, 0.3) is 0 Å². The zero-order valence-electron chi connectivity index (χ0n) is 27.7. The second-order valence-corrected chi connectivity index (χ2v) is 13.7. The summed E-state index contributed by atoms with van der Waals surface area (Å²) in [7, 11) is 0. The van der Waals surface area contributed by atoms with Crippen molar-refractivity contribution in [2.75, 3.05) is 18.1 Å². The molecule has 4 atom stereocenters. The number of benzene rings is 4. The van der Waals surface area contributed by atoms with E-state index in [4.69, 9.17) is 4.74 Å². The molecule has 0 unspecified atom stereocenters. The number of carbonyl (C=O) groups excluding carboxylic acids is 3. The summed E-state index contributed by atoms with van der Waals surface area (Å²) in [6.45, 7) is -0.0639. The maximum atomic E-state index is 14.3. The first-order valence-corrected chi connectivity index (χ1v) is 18.0. The molecule has 0 radical (unpaired) electrons. The van der Waals surface area contributed by atoms with Gasteiger partial charge in [0.15, 0.2) is 0 Å². The third-order valence-electron chi connectivity index (χ3n) is 9.11. The molecule has 0 bridgehead atoms. The number of rotatable bonds is 14. The van der Waals surface area contributed by atoms with Crippen LogP contribution in [0.4, 0.5) is 18.0 Å². The first-order chi connectivity index (χ1) is 24.7. The number of ether oxygens (including phenoxy) is 1. The first kappa shape index (κ1) is 35.8. The van der Waals surface area contributed by atoms with Crippen LogP contribution in [0.15, 0.2) is 121 Å². The Morgan fingerprint density at radius 3 is 2.25 bits per heavy atom. The highest BCUT2D eigenvalue weighted by Crippen LogP contribution is 2.39. The predicted octanol–water partition coefficient (Wildman–Crippen LogP) is 7.54. The highest BCUT2D eigenvalue weighted by atomic mass is 32.2. The van der Waals surface area contributed by atoms with Crippen molar-refractivity contribution < 1.29 is 32.3 Å². The van der Waals surface area contributed by atoms with E-state index in [9.17, 15) is 27.6 Å². The number of thioether (sulfide) groups is 1. The summed E-state index contributed by atoms with van der Waals surface area (Å²) in [4.78, 5) is 44.5. The van der Waals surface area contributed by atoms with Crippen LogP contribution in [-0.4, -0.2) is 63.9 Å². The lowest BCUT2D eigenvalue weighted by molar-refractivity contribution is -0.162. The number of carbonyl (C=O) groups is 3. The van der Waals surface area contributed by atoms with Gasteiger partial charge >= 0.3 is 12.3 Å². The van der Waals surface area contributed by atoms with Crippen LogP contribution in [0.5, 0.6) is 0 Å². The molecule has 51 heavy (non-hydrogen) atoms. The summed E-state index contributed by atoms with van der Waals surface area (Å²) in [5.41, 5.74) is 2.37. The number of nitrogens with one attached hydrogen (secondary N) is 1. The largest absolute Gasteiger partial charge is 0.447 e. The van der Waals surface area contributed by atoms with Crippen LogP contribution in [0, 0.1) is 0 Å². The molecule has 2 fully saturated rings. The third-order valence-corrected chi connectivity index (χ3v) is 10.1. The van der Waals surface area contributed by atoms with E-state index < -0.39 is 53.8 Å². The van der Waals surface area contributed by atoms with Gasteiger partial charge in [-0.3, -0.25) is 14.5 Å². The number of halogens is 3. The van der Waals surface area contributed by atoms with Crippen molar-refractivity contribution in [3.63, 3.8) is 0 Å². The SMILES string of the molecule is O=C(NCc1cccc(C(F)(F)F)c1)[C@@H](CCSCCc1ccccc1)N1C(=O)[C@@H](N2C(=O)OC[C@@H]2c2ccccc2)[C@H]1/C=C/c1ccccc1. The molecule has 4 aromatic rings. The predicted molar refractivity (Wildman–Crippen MR) is 191 cm³/mol. The number of aryl methyl sites for hydroxylation is 1. The molecule has 11 heteroatoms. The van der Waals surface area contributed by atoms with Crippen molar-refractivity contribution in [1.29, 1.82) is 0 Å². The Labute approximate surface area is 299 Å². The number of nitrogens with zero attached hydrogens (tertiary/aromatic N) is 2. The molecule has 7 nitrogen and oxygen atoms in total. The van der Waals surface area contributed by atoms with Gasteiger partial charge in [-0.05, 0) is 58.7 Å². The topological polar surface area (TPSA) is 79.0 Å². The molecule has 4 aromatic carbocycles. The Bertz CT molecular complexity index is 1830. The maximum Gasteiger partial charge on any atom is 0.416 e. The fraction of sp³-hybridized carbons (Fsp3) is 0.275. The number of likely N-dealkylation sites (tertiary alicyclic amines) is 1. The van der Waals surface area contributed by atoms with E-state index in [0.29, 0.717) is 12.2 Å². The number of hydrogen-bond acceptors (Lipinski definition) is 5. The highest BCUT2D eigenvalue weighted by Gasteiger charge is 2.57. The standard InChI is InChI=1S/C40H38F3N3O4S/c41-40(42,43)32-18-10-15-30(25-32)26-44-37(47)34(22-24-51-23-21-29-13-6-2-7-14-29)45-33(20-19-28-11-4-1-5-12-28)36(38(45)48)46-35(27-50-39(46)49)31-16-8-3-9-17-31/h1-20,25,33-36H,21-24,26-27H2,(H,44,47)/b20-19+/t33-,34-,35-,36+/m1/s1. The van der Waals surface area contributed by atoms with Crippen molar-refractivity contribution in [3.05, 3.63) is 149 Å². The van der Waals surface area contributed by atoms with Gasteiger partial charge in [0.2, 0.25) is 11.8 Å². The average Bonchev–Trinajstić information content (AvgIpc) is 3.52. The Morgan fingerprint density at radius 1 is 0.882 bits per heavy atom. The monoisotopic (exact) mass is 713 g/mol. The fourth-order valence-electron chi connectivity index (χ4n) is 6.50. The minimum Gasteiger partial charge on any atom is -0.447 e. The van der Waals surface area contributed by atoms with Crippen LogP contribution in [0.3, 0.4) is 0 Å². The number of cyclic esters (lactones) is 1. The van der Waals surface area contributed by atoms with Crippen LogP contribution >= 0.6 is 11.8 Å². The Morgan fingerprint density at radius 2 is 1.55 bits per heavy atom. The molecule has 2 aliphatic rings. The van der Waals surface area contributed by atoms with Crippen molar-refractivity contribution in [3.8, 4) is 0 Å². The second kappa shape index (κ2) is 16.3. The Hall–Kier alpha value is -5.03.